The third-order valence-electron chi connectivity index (χ3n) is 6.51. The summed E-state index contributed by atoms with van der Waals surface area (Å²) in [7, 11) is 0. The largest absolute Gasteiger partial charge is 0.535 e. The number of ether oxygens (including phenoxy) is 1. The summed E-state index contributed by atoms with van der Waals surface area (Å²) in [6.45, 7) is 0.515. The number of carbonyl (C=O) groups is 1. The van der Waals surface area contributed by atoms with Crippen LogP contribution in [0, 0.1) is 11.3 Å². The second kappa shape index (κ2) is 14.1. The van der Waals surface area contributed by atoms with Crippen LogP contribution >= 0.6 is 0 Å². The minimum absolute atomic E-state index is 0.00630. The third kappa shape index (κ3) is 8.89. The quantitative estimate of drug-likeness (QED) is 0.0591. The zero-order valence-corrected chi connectivity index (χ0v) is 23.6. The molecule has 1 aromatic rings. The molecular formula is C25H20F18N2O3. The Morgan fingerprint density at radius 3 is 1.35 bits per heavy atom. The Morgan fingerprint density at radius 2 is 1.02 bits per heavy atom. The van der Waals surface area contributed by atoms with E-state index in [-0.39, 0.29) is 5.56 Å². The normalized spacial score (nSPS) is 14.8. The molecule has 0 radical (unpaired) electrons. The predicted octanol–water partition coefficient (Wildman–Crippen LogP) is 10.1. The molecule has 0 amide bonds. The highest BCUT2D eigenvalue weighted by atomic mass is 19.4. The molecule has 0 saturated heterocycles. The van der Waals surface area contributed by atoms with Crippen molar-refractivity contribution in [3.8, 4) is 6.07 Å². The number of oxime groups is 1. The topological polar surface area (TPSA) is 71.7 Å². The van der Waals surface area contributed by atoms with Crippen LogP contribution in [-0.4, -0.2) is 65.4 Å². The standard InChI is InChI=1S/C25H20F18N2O3/c1-17(47-16(46)48-45-15(13-44)14-7-3-2-4-8-14,9-5-11-18(26,27)20(30,31)22(34,35)24(38,39)40)10-6-12-19(28,29)21(32,33)23(36,37)25(41,42)43/h2-4,7-8H,5-6,9-12H2,1H3/b45-15+. The molecule has 5 nitrogen and oxygen atoms in total. The van der Waals surface area contributed by atoms with Gasteiger partial charge in [0.15, 0.2) is 5.71 Å². The molecule has 1 rings (SSSR count). The first-order chi connectivity index (χ1) is 21.3. The van der Waals surface area contributed by atoms with Gasteiger partial charge < -0.3 is 4.74 Å². The Morgan fingerprint density at radius 1 is 0.646 bits per heavy atom. The highest BCUT2D eigenvalue weighted by molar-refractivity contribution is 6.11. The molecule has 0 N–H and O–H groups in total. The van der Waals surface area contributed by atoms with E-state index >= 15 is 0 Å². The van der Waals surface area contributed by atoms with E-state index in [1.54, 1.807) is 0 Å². The third-order valence-corrected chi connectivity index (χ3v) is 6.51. The molecule has 0 heterocycles. The van der Waals surface area contributed by atoms with Gasteiger partial charge in [-0.25, -0.2) is 4.79 Å². The highest BCUT2D eigenvalue weighted by Gasteiger charge is 2.82. The van der Waals surface area contributed by atoms with Gasteiger partial charge in [-0.3, -0.25) is 4.84 Å². The summed E-state index contributed by atoms with van der Waals surface area (Å²) in [6, 6.07) is 8.13. The van der Waals surface area contributed by atoms with Gasteiger partial charge in [0.2, 0.25) is 0 Å². The van der Waals surface area contributed by atoms with E-state index < -0.39 is 104 Å². The second-order valence-electron chi connectivity index (χ2n) is 10.2. The molecule has 0 aromatic heterocycles. The molecule has 0 aliphatic heterocycles. The van der Waals surface area contributed by atoms with Gasteiger partial charge in [0.25, 0.3) is 0 Å². The maximum atomic E-state index is 14.0. The van der Waals surface area contributed by atoms with Crippen LogP contribution < -0.4 is 0 Å². The fourth-order valence-electron chi connectivity index (χ4n) is 3.76. The number of carbonyl (C=O) groups excluding carboxylic acids is 1. The van der Waals surface area contributed by atoms with Crippen LogP contribution in [0.3, 0.4) is 0 Å². The lowest BCUT2D eigenvalue weighted by Crippen LogP contribution is -2.60. The van der Waals surface area contributed by atoms with E-state index in [4.69, 9.17) is 5.26 Å². The summed E-state index contributed by atoms with van der Waals surface area (Å²) >= 11 is 0. The number of benzene rings is 1. The Bertz CT molecular complexity index is 1260. The highest BCUT2D eigenvalue weighted by Crippen LogP contribution is 2.56. The summed E-state index contributed by atoms with van der Waals surface area (Å²) in [5, 5.41) is 12.2. The first-order valence-electron chi connectivity index (χ1n) is 12.7. The van der Waals surface area contributed by atoms with Gasteiger partial charge in [-0.2, -0.15) is 84.3 Å². The van der Waals surface area contributed by atoms with Crippen molar-refractivity contribution in [2.75, 3.05) is 0 Å². The summed E-state index contributed by atoms with van der Waals surface area (Å²) in [6.07, 6.45) is -27.6. The van der Waals surface area contributed by atoms with Gasteiger partial charge in [-0.05, 0) is 32.6 Å². The van der Waals surface area contributed by atoms with Crippen LogP contribution in [0.2, 0.25) is 0 Å². The zero-order valence-electron chi connectivity index (χ0n) is 23.6. The summed E-state index contributed by atoms with van der Waals surface area (Å²) in [4.78, 5) is 16.4. The number of hydrogen-bond donors (Lipinski definition) is 0. The lowest BCUT2D eigenvalue weighted by atomic mass is 9.88. The Labute approximate surface area is 257 Å². The summed E-state index contributed by atoms with van der Waals surface area (Å²) < 4.78 is 242. The van der Waals surface area contributed by atoms with E-state index in [1.165, 1.54) is 36.4 Å². The number of nitrogens with zero attached hydrogens (tertiary/aromatic N) is 2. The van der Waals surface area contributed by atoms with Crippen molar-refractivity contribution in [3.05, 3.63) is 35.9 Å². The molecule has 0 atom stereocenters. The van der Waals surface area contributed by atoms with Gasteiger partial charge in [-0.15, -0.1) is 0 Å². The molecule has 0 bridgehead atoms. The van der Waals surface area contributed by atoms with Crippen LogP contribution in [0.4, 0.5) is 83.8 Å². The molecule has 0 spiro atoms. The number of alkyl halides is 18. The van der Waals surface area contributed by atoms with Crippen LogP contribution in [0.25, 0.3) is 0 Å². The molecule has 48 heavy (non-hydrogen) atoms. The van der Waals surface area contributed by atoms with Crippen LogP contribution in [0.5, 0.6) is 0 Å². The molecule has 0 unspecified atom stereocenters. The number of halogens is 18. The van der Waals surface area contributed by atoms with Crippen LogP contribution in [0.1, 0.15) is 51.0 Å². The van der Waals surface area contributed by atoms with Gasteiger partial charge in [0.05, 0.1) is 0 Å². The first kappa shape index (κ1) is 42.4. The monoisotopic (exact) mass is 738 g/mol. The van der Waals surface area contributed by atoms with Crippen LogP contribution in [0.15, 0.2) is 35.5 Å². The lowest BCUT2D eigenvalue weighted by Gasteiger charge is -2.35. The van der Waals surface area contributed by atoms with Crippen molar-refractivity contribution in [1.82, 2.24) is 0 Å². The van der Waals surface area contributed by atoms with E-state index in [1.807, 2.05) is 0 Å². The summed E-state index contributed by atoms with van der Waals surface area (Å²) in [5.74, 6) is -41.1. The van der Waals surface area contributed by atoms with E-state index in [0.29, 0.717) is 6.92 Å². The van der Waals surface area contributed by atoms with Crippen molar-refractivity contribution in [2.24, 2.45) is 5.16 Å². The number of hydrogen-bond acceptors (Lipinski definition) is 5. The number of rotatable bonds is 15. The van der Waals surface area contributed by atoms with E-state index in [0.717, 1.165) is 0 Å². The average Bonchev–Trinajstić information content (AvgIpc) is 2.92. The van der Waals surface area contributed by atoms with Crippen molar-refractivity contribution < 1.29 is 93.4 Å². The minimum atomic E-state index is -7.29. The summed E-state index contributed by atoms with van der Waals surface area (Å²) in [5.41, 5.74) is -3.38. The molecule has 274 valence electrons. The molecule has 0 saturated carbocycles. The molecule has 0 aliphatic carbocycles. The van der Waals surface area contributed by atoms with Crippen molar-refractivity contribution >= 4 is 11.9 Å². The zero-order chi connectivity index (χ0) is 37.8. The SMILES string of the molecule is CC(CCCC(F)(F)C(F)(F)C(F)(F)C(F)(F)F)(CCCC(F)(F)C(F)(F)C(F)(F)C(F)(F)F)OC(=O)O/N=C(\C#N)c1ccccc1. The molecule has 0 fully saturated rings. The second-order valence-corrected chi connectivity index (χ2v) is 10.2. The van der Waals surface area contributed by atoms with Gasteiger partial charge in [-0.1, -0.05) is 35.5 Å². The number of nitriles is 1. The lowest BCUT2D eigenvalue weighted by molar-refractivity contribution is -0.397. The predicted molar refractivity (Wildman–Crippen MR) is 124 cm³/mol. The molecular weight excluding hydrogens is 718 g/mol. The van der Waals surface area contributed by atoms with Gasteiger partial charge >= 0.3 is 54.0 Å². The van der Waals surface area contributed by atoms with Gasteiger partial charge in [0, 0.05) is 18.4 Å². The fourth-order valence-corrected chi connectivity index (χ4v) is 3.76. The Balaban J connectivity index is 3.28. The molecule has 0 aliphatic rings. The van der Waals surface area contributed by atoms with Gasteiger partial charge in [0.1, 0.15) is 11.7 Å². The minimum Gasteiger partial charge on any atom is -0.426 e. The smallest absolute Gasteiger partial charge is 0.426 e. The molecule has 23 heteroatoms. The maximum Gasteiger partial charge on any atom is 0.535 e. The van der Waals surface area contributed by atoms with E-state index in [9.17, 15) is 83.8 Å². The Hall–Kier alpha value is -3.61. The fraction of sp³-hybridized carbons (Fsp3) is 0.640. The van der Waals surface area contributed by atoms with Crippen molar-refractivity contribution in [2.45, 2.75) is 98.9 Å². The molecule has 1 aromatic carbocycles. The van der Waals surface area contributed by atoms with E-state index in [2.05, 4.69) is 14.7 Å². The van der Waals surface area contributed by atoms with Crippen LogP contribution in [-0.2, 0) is 9.57 Å². The average molecular weight is 738 g/mol. The Kier molecular flexibility index (Phi) is 12.4. The first-order valence-corrected chi connectivity index (χ1v) is 12.7. The van der Waals surface area contributed by atoms with Crippen molar-refractivity contribution in [3.63, 3.8) is 0 Å². The maximum absolute atomic E-state index is 14.0. The van der Waals surface area contributed by atoms with Crippen molar-refractivity contribution in [1.29, 1.82) is 5.26 Å².